The Balaban J connectivity index is 1.46. The lowest BCUT2D eigenvalue weighted by Gasteiger charge is -2.31. The first-order valence-electron chi connectivity index (χ1n) is 13.5. The molecule has 1 aliphatic carbocycles. The van der Waals surface area contributed by atoms with Gasteiger partial charge in [-0.15, -0.1) is 5.10 Å². The fraction of sp³-hybridized carbons (Fsp3) is 0.200. The Morgan fingerprint density at radius 1 is 1.17 bits per heavy atom. The molecule has 1 atom stereocenters. The fourth-order valence-electron chi connectivity index (χ4n) is 4.99. The monoisotopic (exact) mass is 564 g/mol. The number of fused-ring (bicyclic) bond motifs is 1. The summed E-state index contributed by atoms with van der Waals surface area (Å²) in [6.07, 6.45) is 5.62. The topological polar surface area (TPSA) is 94.7 Å². The minimum absolute atomic E-state index is 0.323. The van der Waals surface area contributed by atoms with Gasteiger partial charge in [-0.3, -0.25) is 15.4 Å². The Morgan fingerprint density at radius 3 is 2.61 bits per heavy atom. The molecule has 1 saturated carbocycles. The highest BCUT2D eigenvalue weighted by atomic mass is 35.5. The number of aromatic nitrogens is 4. The fourth-order valence-corrected chi connectivity index (χ4v) is 5.25. The van der Waals surface area contributed by atoms with Gasteiger partial charge in [0.25, 0.3) is 0 Å². The summed E-state index contributed by atoms with van der Waals surface area (Å²) in [6, 6.07) is 22.6. The van der Waals surface area contributed by atoms with Crippen LogP contribution in [0, 0.1) is 17.1 Å². The Hall–Kier alpha value is -4.62. The third kappa shape index (κ3) is 5.16. The van der Waals surface area contributed by atoms with Crippen LogP contribution in [-0.2, 0) is 5.44 Å². The average Bonchev–Trinajstić information content (AvgIpc) is 3.72. The summed E-state index contributed by atoms with van der Waals surface area (Å²) >= 11 is 6.80. The molecule has 6 rings (SSSR count). The summed E-state index contributed by atoms with van der Waals surface area (Å²) in [5.74, 6) is -0.323. The number of nitrogens with zero attached hydrogens (tertiary/aromatic N) is 6. The summed E-state index contributed by atoms with van der Waals surface area (Å²) in [6.45, 7) is 2.67. The first-order chi connectivity index (χ1) is 19.9. The van der Waals surface area contributed by atoms with E-state index in [1.54, 1.807) is 18.2 Å². The van der Waals surface area contributed by atoms with Gasteiger partial charge >= 0.3 is 0 Å². The third-order valence-electron chi connectivity index (χ3n) is 7.44. The maximum Gasteiger partial charge on any atom is 0.148 e. The van der Waals surface area contributed by atoms with Crippen LogP contribution in [0.3, 0.4) is 0 Å². The second-order valence-electron chi connectivity index (χ2n) is 10.3. The van der Waals surface area contributed by atoms with Crippen molar-refractivity contribution in [2.24, 2.45) is 0 Å². The lowest BCUT2D eigenvalue weighted by atomic mass is 9.69. The van der Waals surface area contributed by atoms with E-state index in [4.69, 9.17) is 11.6 Å². The number of halogens is 2. The van der Waals surface area contributed by atoms with Crippen LogP contribution >= 0.6 is 11.6 Å². The quantitative estimate of drug-likeness (QED) is 0.177. The third-order valence-corrected chi connectivity index (χ3v) is 7.72. The first kappa shape index (κ1) is 26.6. The Bertz CT molecular complexity index is 1750. The van der Waals surface area contributed by atoms with E-state index < -0.39 is 5.44 Å². The van der Waals surface area contributed by atoms with Crippen LogP contribution in [0.1, 0.15) is 42.6 Å². The van der Waals surface area contributed by atoms with Crippen molar-refractivity contribution in [1.29, 1.82) is 5.26 Å². The molecule has 0 amide bonds. The molecule has 0 radical (unpaired) electrons. The zero-order chi connectivity index (χ0) is 28.6. The molecule has 2 N–H and O–H groups in total. The van der Waals surface area contributed by atoms with Crippen LogP contribution in [-0.4, -0.2) is 34.4 Å². The number of rotatable bonds is 9. The van der Waals surface area contributed by atoms with Gasteiger partial charge in [-0.25, -0.2) is 9.07 Å². The number of pyridine rings is 1. The van der Waals surface area contributed by atoms with Crippen LogP contribution in [0.2, 0.25) is 5.02 Å². The van der Waals surface area contributed by atoms with Gasteiger partial charge in [0.15, 0.2) is 0 Å². The molecular weight excluding hydrogens is 538 g/mol. The normalized spacial score (nSPS) is 14.3. The van der Waals surface area contributed by atoms with E-state index in [2.05, 4.69) is 32.1 Å². The van der Waals surface area contributed by atoms with Gasteiger partial charge in [-0.05, 0) is 61.7 Å². The molecular formula is C30H27BClFN8. The number of hydrogen-bond acceptors (Lipinski definition) is 7. The van der Waals surface area contributed by atoms with Gasteiger partial charge < -0.3 is 5.32 Å². The molecule has 2 heterocycles. The smallest absolute Gasteiger partial charge is 0.148 e. The number of nitrogens with one attached hydrogen (secondary N) is 2. The Morgan fingerprint density at radius 2 is 1.93 bits per heavy atom. The first-order valence-corrected chi connectivity index (χ1v) is 13.9. The zero-order valence-corrected chi connectivity index (χ0v) is 23.4. The van der Waals surface area contributed by atoms with E-state index in [1.165, 1.54) is 18.3 Å². The second kappa shape index (κ2) is 10.7. The summed E-state index contributed by atoms with van der Waals surface area (Å²) < 4.78 is 15.8. The van der Waals surface area contributed by atoms with Gasteiger partial charge in [0.2, 0.25) is 0 Å². The number of hydrazine groups is 1. The van der Waals surface area contributed by atoms with Gasteiger partial charge in [-0.1, -0.05) is 47.1 Å². The minimum atomic E-state index is -0.870. The highest BCUT2D eigenvalue weighted by Gasteiger charge is 2.34. The molecule has 1 aliphatic rings. The van der Waals surface area contributed by atoms with Crippen LogP contribution < -0.4 is 15.8 Å². The average molecular weight is 565 g/mol. The molecule has 2 aromatic heterocycles. The van der Waals surface area contributed by atoms with Crippen LogP contribution in [0.5, 0.6) is 0 Å². The Labute approximate surface area is 243 Å². The van der Waals surface area contributed by atoms with E-state index in [-0.39, 0.29) is 5.82 Å². The highest BCUT2D eigenvalue weighted by molar-refractivity contribution is 6.36. The molecule has 3 aromatic carbocycles. The van der Waals surface area contributed by atoms with Crippen molar-refractivity contribution in [3.63, 3.8) is 0 Å². The zero-order valence-electron chi connectivity index (χ0n) is 22.6. The summed E-state index contributed by atoms with van der Waals surface area (Å²) in [7, 11) is 1.98. The molecule has 204 valence electrons. The van der Waals surface area contributed by atoms with Gasteiger partial charge in [0.05, 0.1) is 45.2 Å². The van der Waals surface area contributed by atoms with E-state index in [0.717, 1.165) is 24.1 Å². The van der Waals surface area contributed by atoms with Crippen molar-refractivity contribution in [2.75, 3.05) is 22.3 Å². The number of hydrogen-bond donors (Lipinski definition) is 2. The molecule has 0 saturated heterocycles. The second-order valence-corrected chi connectivity index (χ2v) is 10.7. The summed E-state index contributed by atoms with van der Waals surface area (Å²) in [5, 5.41) is 25.5. The molecule has 8 nitrogen and oxygen atoms in total. The van der Waals surface area contributed by atoms with Gasteiger partial charge in [0, 0.05) is 23.8 Å². The van der Waals surface area contributed by atoms with Crippen molar-refractivity contribution in [3.05, 3.63) is 107 Å². The summed E-state index contributed by atoms with van der Waals surface area (Å²) in [5.41, 5.74) is 7.23. The predicted octanol–water partition coefficient (Wildman–Crippen LogP) is 5.63. The molecule has 1 fully saturated rings. The van der Waals surface area contributed by atoms with E-state index in [0.29, 0.717) is 51.1 Å². The minimum Gasteiger partial charge on any atom is -0.378 e. The standard InChI is InChI=1S/C30H27BClFN8/c1-2-40(23-6-4-3-5-7-23)38-28-19(16-34)17-35-29-25(28)14-22(15-26(29)32)36-30(31,20-8-10-21(33)11-9-20)27-18-41(39-37-27)24-12-13-24/h3-11,14-15,17-18,24,36H,2,12-13,31H2,1H3,(H,35,38). The maximum absolute atomic E-state index is 13.9. The largest absolute Gasteiger partial charge is 0.378 e. The van der Waals surface area contributed by atoms with Crippen molar-refractivity contribution in [2.45, 2.75) is 31.2 Å². The van der Waals surface area contributed by atoms with E-state index >= 15 is 0 Å². The molecule has 5 aromatic rings. The molecule has 11 heteroatoms. The number of nitriles is 1. The lowest BCUT2D eigenvalue weighted by Crippen LogP contribution is -2.38. The number of anilines is 3. The number of para-hydroxylation sites is 1. The maximum atomic E-state index is 13.9. The van der Waals surface area contributed by atoms with Crippen molar-refractivity contribution in [3.8, 4) is 6.07 Å². The van der Waals surface area contributed by atoms with E-state index in [9.17, 15) is 9.65 Å². The molecule has 0 aliphatic heterocycles. The molecule has 0 bridgehead atoms. The van der Waals surface area contributed by atoms with Crippen LogP contribution in [0.15, 0.2) is 79.1 Å². The Kier molecular flexibility index (Phi) is 6.97. The SMILES string of the molecule is BC(Nc1cc(Cl)c2ncc(C#N)c(NN(CC)c3ccccc3)c2c1)(c1ccc(F)cc1)c1cn(C2CC2)nn1. The van der Waals surface area contributed by atoms with E-state index in [1.807, 2.05) is 67.1 Å². The van der Waals surface area contributed by atoms with Gasteiger partial charge in [0.1, 0.15) is 25.4 Å². The number of benzene rings is 3. The molecule has 0 spiro atoms. The van der Waals surface area contributed by atoms with Crippen molar-refractivity contribution < 1.29 is 4.39 Å². The highest BCUT2D eigenvalue weighted by Crippen LogP contribution is 2.38. The molecule has 41 heavy (non-hydrogen) atoms. The summed E-state index contributed by atoms with van der Waals surface area (Å²) in [4.78, 5) is 4.50. The predicted molar refractivity (Wildman–Crippen MR) is 162 cm³/mol. The lowest BCUT2D eigenvalue weighted by molar-refractivity contribution is 0.610. The van der Waals surface area contributed by atoms with Crippen LogP contribution in [0.4, 0.5) is 21.5 Å². The van der Waals surface area contributed by atoms with Gasteiger partial charge in [-0.2, -0.15) is 5.26 Å². The molecule has 1 unspecified atom stereocenters. The van der Waals surface area contributed by atoms with Crippen LogP contribution in [0.25, 0.3) is 10.9 Å². The van der Waals surface area contributed by atoms with Crippen molar-refractivity contribution in [1.82, 2.24) is 20.0 Å². The van der Waals surface area contributed by atoms with Crippen molar-refractivity contribution >= 4 is 47.4 Å².